The highest BCUT2D eigenvalue weighted by atomic mass is 16.4. The molecule has 1 fully saturated rings. The lowest BCUT2D eigenvalue weighted by molar-refractivity contribution is -0.139. The van der Waals surface area contributed by atoms with Crippen molar-refractivity contribution in [3.05, 3.63) is 0 Å². The van der Waals surface area contributed by atoms with Crippen LogP contribution in [0.2, 0.25) is 0 Å². The van der Waals surface area contributed by atoms with Gasteiger partial charge in [0.25, 0.3) is 0 Å². The summed E-state index contributed by atoms with van der Waals surface area (Å²) in [7, 11) is 0. The first-order chi connectivity index (χ1) is 7.44. The van der Waals surface area contributed by atoms with Crippen LogP contribution in [0.1, 0.15) is 59.3 Å². The summed E-state index contributed by atoms with van der Waals surface area (Å²) < 4.78 is 0. The molecule has 0 radical (unpaired) electrons. The molecule has 1 rings (SSSR count). The molecule has 3 heteroatoms. The van der Waals surface area contributed by atoms with Crippen LogP contribution in [0.3, 0.4) is 0 Å². The van der Waals surface area contributed by atoms with Crippen molar-refractivity contribution in [2.24, 2.45) is 5.41 Å². The number of unbranched alkanes of at least 4 members (excludes halogenated alkanes) is 1. The average Bonchev–Trinajstić information content (AvgIpc) is 2.52. The van der Waals surface area contributed by atoms with E-state index in [0.29, 0.717) is 11.5 Å². The van der Waals surface area contributed by atoms with Crippen molar-refractivity contribution in [1.82, 2.24) is 5.32 Å². The van der Waals surface area contributed by atoms with Gasteiger partial charge in [-0.2, -0.15) is 0 Å². The summed E-state index contributed by atoms with van der Waals surface area (Å²) in [5, 5.41) is 12.4. The fraction of sp³-hybridized carbons (Fsp3) is 0.923. The largest absolute Gasteiger partial charge is 0.480 e. The highest BCUT2D eigenvalue weighted by Gasteiger charge is 2.32. The van der Waals surface area contributed by atoms with Crippen molar-refractivity contribution in [2.45, 2.75) is 71.4 Å². The first kappa shape index (κ1) is 13.5. The van der Waals surface area contributed by atoms with Crippen molar-refractivity contribution >= 4 is 5.97 Å². The molecule has 1 aliphatic rings. The van der Waals surface area contributed by atoms with Crippen LogP contribution in [0, 0.1) is 5.41 Å². The minimum atomic E-state index is -0.696. The molecule has 0 bridgehead atoms. The van der Waals surface area contributed by atoms with Gasteiger partial charge in [0.15, 0.2) is 0 Å². The highest BCUT2D eigenvalue weighted by Crippen LogP contribution is 2.37. The summed E-state index contributed by atoms with van der Waals surface area (Å²) >= 11 is 0. The van der Waals surface area contributed by atoms with Crippen LogP contribution >= 0.6 is 0 Å². The van der Waals surface area contributed by atoms with Gasteiger partial charge < -0.3 is 10.4 Å². The third-order valence-electron chi connectivity index (χ3n) is 3.55. The summed E-state index contributed by atoms with van der Waals surface area (Å²) in [6, 6.07) is 0.0480. The average molecular weight is 227 g/mol. The van der Waals surface area contributed by atoms with Gasteiger partial charge in [-0.25, -0.2) is 0 Å². The second-order valence-corrected chi connectivity index (χ2v) is 5.80. The molecule has 2 atom stereocenters. The second-order valence-electron chi connectivity index (χ2n) is 5.80. The SMILES string of the molecule is CCCC[C@H](NC1CCC(C)(C)C1)C(=O)O. The normalized spacial score (nSPS) is 25.6. The molecule has 0 aromatic heterocycles. The number of carboxylic acid groups (broad SMARTS) is 1. The number of hydrogen-bond acceptors (Lipinski definition) is 2. The van der Waals surface area contributed by atoms with Crippen LogP contribution in [-0.4, -0.2) is 23.2 Å². The Labute approximate surface area is 98.6 Å². The summed E-state index contributed by atoms with van der Waals surface area (Å²) in [6.45, 7) is 6.62. The minimum Gasteiger partial charge on any atom is -0.480 e. The van der Waals surface area contributed by atoms with Crippen LogP contribution in [0.5, 0.6) is 0 Å². The van der Waals surface area contributed by atoms with Crippen molar-refractivity contribution < 1.29 is 9.90 Å². The number of rotatable bonds is 6. The maximum absolute atomic E-state index is 11.1. The lowest BCUT2D eigenvalue weighted by Crippen LogP contribution is -2.42. The van der Waals surface area contributed by atoms with Crippen LogP contribution in [0.25, 0.3) is 0 Å². The smallest absolute Gasteiger partial charge is 0.320 e. The van der Waals surface area contributed by atoms with E-state index in [1.807, 2.05) is 0 Å². The molecule has 0 amide bonds. The fourth-order valence-electron chi connectivity index (χ4n) is 2.55. The predicted octanol–water partition coefficient (Wildman–Crippen LogP) is 2.80. The summed E-state index contributed by atoms with van der Waals surface area (Å²) in [5.74, 6) is -0.696. The molecule has 0 aliphatic heterocycles. The number of aliphatic carboxylic acids is 1. The number of carboxylic acids is 1. The zero-order valence-electron chi connectivity index (χ0n) is 10.8. The van der Waals surface area contributed by atoms with Gasteiger partial charge in [-0.15, -0.1) is 0 Å². The van der Waals surface area contributed by atoms with Gasteiger partial charge >= 0.3 is 5.97 Å². The summed E-state index contributed by atoms with van der Waals surface area (Å²) in [5.41, 5.74) is 0.380. The molecule has 0 aromatic carbocycles. The zero-order chi connectivity index (χ0) is 12.2. The molecule has 0 aromatic rings. The van der Waals surface area contributed by atoms with E-state index in [-0.39, 0.29) is 6.04 Å². The Balaban J connectivity index is 2.40. The molecule has 1 aliphatic carbocycles. The number of carbonyl (C=O) groups is 1. The Kier molecular flexibility index (Phi) is 4.78. The molecular weight excluding hydrogens is 202 g/mol. The summed E-state index contributed by atoms with van der Waals surface area (Å²) in [6.07, 6.45) is 6.21. The molecule has 0 saturated heterocycles. The molecule has 1 unspecified atom stereocenters. The standard InChI is InChI=1S/C13H25NO2/c1-4-5-6-11(12(15)16)14-10-7-8-13(2,3)9-10/h10-11,14H,4-9H2,1-3H3,(H,15,16)/t10?,11-/m0/s1. The molecule has 16 heavy (non-hydrogen) atoms. The van der Waals surface area contributed by atoms with Gasteiger partial charge in [-0.3, -0.25) is 4.79 Å². The van der Waals surface area contributed by atoms with Gasteiger partial charge in [0.1, 0.15) is 6.04 Å². The molecule has 3 nitrogen and oxygen atoms in total. The Hall–Kier alpha value is -0.570. The van der Waals surface area contributed by atoms with E-state index < -0.39 is 5.97 Å². The van der Waals surface area contributed by atoms with Crippen LogP contribution in [-0.2, 0) is 4.79 Å². The molecule has 0 spiro atoms. The summed E-state index contributed by atoms with van der Waals surface area (Å²) in [4.78, 5) is 11.1. The van der Waals surface area contributed by atoms with E-state index in [4.69, 9.17) is 5.11 Å². The van der Waals surface area contributed by atoms with Crippen molar-refractivity contribution in [3.63, 3.8) is 0 Å². The monoisotopic (exact) mass is 227 g/mol. The van der Waals surface area contributed by atoms with Gasteiger partial charge in [-0.05, 0) is 31.1 Å². The van der Waals surface area contributed by atoms with E-state index in [0.717, 1.165) is 32.1 Å². The fourth-order valence-corrected chi connectivity index (χ4v) is 2.55. The van der Waals surface area contributed by atoms with E-state index in [9.17, 15) is 4.79 Å². The van der Waals surface area contributed by atoms with E-state index in [2.05, 4.69) is 26.1 Å². The molecule has 94 valence electrons. The maximum Gasteiger partial charge on any atom is 0.320 e. The Bertz CT molecular complexity index is 238. The minimum absolute atomic E-state index is 0.348. The van der Waals surface area contributed by atoms with Crippen LogP contribution in [0.15, 0.2) is 0 Å². The van der Waals surface area contributed by atoms with Crippen LogP contribution in [0.4, 0.5) is 0 Å². The molecular formula is C13H25NO2. The second kappa shape index (κ2) is 5.67. The molecule has 2 N–H and O–H groups in total. The van der Waals surface area contributed by atoms with Crippen LogP contribution < -0.4 is 5.32 Å². The zero-order valence-corrected chi connectivity index (χ0v) is 10.8. The third-order valence-corrected chi connectivity index (χ3v) is 3.55. The Morgan fingerprint density at radius 1 is 1.56 bits per heavy atom. The quantitative estimate of drug-likeness (QED) is 0.733. The third kappa shape index (κ3) is 4.12. The van der Waals surface area contributed by atoms with Gasteiger partial charge in [0.05, 0.1) is 0 Å². The topological polar surface area (TPSA) is 49.3 Å². The lowest BCUT2D eigenvalue weighted by Gasteiger charge is -2.21. The first-order valence-electron chi connectivity index (χ1n) is 6.43. The molecule has 1 saturated carbocycles. The predicted molar refractivity (Wildman–Crippen MR) is 65.5 cm³/mol. The van der Waals surface area contributed by atoms with Gasteiger partial charge in [0.2, 0.25) is 0 Å². The van der Waals surface area contributed by atoms with Crippen molar-refractivity contribution in [3.8, 4) is 0 Å². The maximum atomic E-state index is 11.1. The van der Waals surface area contributed by atoms with Gasteiger partial charge in [-0.1, -0.05) is 33.6 Å². The van der Waals surface area contributed by atoms with E-state index in [1.54, 1.807) is 0 Å². The Morgan fingerprint density at radius 3 is 2.69 bits per heavy atom. The molecule has 0 heterocycles. The number of hydrogen-bond donors (Lipinski definition) is 2. The van der Waals surface area contributed by atoms with Gasteiger partial charge in [0, 0.05) is 6.04 Å². The first-order valence-corrected chi connectivity index (χ1v) is 6.43. The van der Waals surface area contributed by atoms with Crippen molar-refractivity contribution in [1.29, 1.82) is 0 Å². The van der Waals surface area contributed by atoms with E-state index in [1.165, 1.54) is 6.42 Å². The Morgan fingerprint density at radius 2 is 2.25 bits per heavy atom. The number of nitrogens with one attached hydrogen (secondary N) is 1. The highest BCUT2D eigenvalue weighted by molar-refractivity contribution is 5.73. The van der Waals surface area contributed by atoms with E-state index >= 15 is 0 Å². The lowest BCUT2D eigenvalue weighted by atomic mass is 9.91. The van der Waals surface area contributed by atoms with Crippen molar-refractivity contribution in [2.75, 3.05) is 0 Å².